The van der Waals surface area contributed by atoms with Gasteiger partial charge < -0.3 is 9.30 Å². The Balaban J connectivity index is 1.90. The molecule has 26 heavy (non-hydrogen) atoms. The van der Waals surface area contributed by atoms with Gasteiger partial charge in [-0.15, -0.1) is 0 Å². The summed E-state index contributed by atoms with van der Waals surface area (Å²) in [5.74, 6) is 0.935. The number of benzene rings is 3. The fourth-order valence-corrected chi connectivity index (χ4v) is 3.85. The monoisotopic (exact) mass is 343 g/mol. The van der Waals surface area contributed by atoms with Crippen molar-refractivity contribution in [2.24, 2.45) is 7.05 Å². The Morgan fingerprint density at radius 2 is 1.69 bits per heavy atom. The van der Waals surface area contributed by atoms with Gasteiger partial charge in [0, 0.05) is 34.4 Å². The molecule has 0 unspecified atom stereocenters. The topological polar surface area (TPSA) is 14.2 Å². The molecule has 0 radical (unpaired) electrons. The van der Waals surface area contributed by atoms with Crippen molar-refractivity contribution < 1.29 is 4.74 Å². The van der Waals surface area contributed by atoms with Crippen molar-refractivity contribution in [2.45, 2.75) is 26.2 Å². The summed E-state index contributed by atoms with van der Waals surface area (Å²) in [7, 11) is 3.89. The van der Waals surface area contributed by atoms with Crippen LogP contribution in [-0.4, -0.2) is 11.7 Å². The third-order valence-electron chi connectivity index (χ3n) is 5.31. The van der Waals surface area contributed by atoms with Crippen molar-refractivity contribution in [3.8, 4) is 16.9 Å². The number of fused-ring (bicyclic) bond motifs is 3. The van der Waals surface area contributed by atoms with Crippen LogP contribution in [0.5, 0.6) is 5.75 Å². The Bertz CT molecular complexity index is 1070. The first-order valence-electron chi connectivity index (χ1n) is 9.37. The summed E-state index contributed by atoms with van der Waals surface area (Å²) in [6.45, 7) is 2.23. The number of unbranched alkanes of at least 4 members (excludes halogenated alkanes) is 1. The molecule has 0 aliphatic carbocycles. The van der Waals surface area contributed by atoms with Crippen molar-refractivity contribution in [2.75, 3.05) is 7.11 Å². The summed E-state index contributed by atoms with van der Waals surface area (Å²) < 4.78 is 7.93. The number of para-hydroxylation sites is 1. The first-order valence-corrected chi connectivity index (χ1v) is 9.37. The Kier molecular flexibility index (Phi) is 4.42. The zero-order valence-corrected chi connectivity index (χ0v) is 15.8. The highest BCUT2D eigenvalue weighted by atomic mass is 16.5. The van der Waals surface area contributed by atoms with Gasteiger partial charge >= 0.3 is 0 Å². The Labute approximate surface area is 155 Å². The minimum Gasteiger partial charge on any atom is -0.496 e. The van der Waals surface area contributed by atoms with Crippen molar-refractivity contribution in [3.05, 3.63) is 66.2 Å². The molecule has 0 fully saturated rings. The number of hydrogen-bond donors (Lipinski definition) is 0. The van der Waals surface area contributed by atoms with Gasteiger partial charge in [-0.2, -0.15) is 0 Å². The van der Waals surface area contributed by atoms with E-state index in [4.69, 9.17) is 4.74 Å². The predicted molar refractivity (Wildman–Crippen MR) is 111 cm³/mol. The van der Waals surface area contributed by atoms with Gasteiger partial charge in [-0.25, -0.2) is 0 Å². The highest BCUT2D eigenvalue weighted by Gasteiger charge is 2.12. The number of aryl methyl sites for hydroxylation is 2. The van der Waals surface area contributed by atoms with Crippen molar-refractivity contribution in [1.82, 2.24) is 4.57 Å². The largest absolute Gasteiger partial charge is 0.496 e. The number of rotatable bonds is 5. The van der Waals surface area contributed by atoms with Gasteiger partial charge in [0.1, 0.15) is 5.75 Å². The standard InChI is InChI=1S/C24H25NO/c1-4-5-8-17-11-14-24(26-3)20(15-17)18-12-13-23-21(16-18)19-9-6-7-10-22(19)25(23)2/h6-7,9-16H,4-5,8H2,1-3H3. The molecule has 0 aliphatic rings. The normalized spacial score (nSPS) is 11.3. The number of ether oxygens (including phenoxy) is 1. The van der Waals surface area contributed by atoms with E-state index >= 15 is 0 Å². The number of nitrogens with zero attached hydrogens (tertiary/aromatic N) is 1. The average Bonchev–Trinajstić information content (AvgIpc) is 2.98. The molecule has 0 atom stereocenters. The third-order valence-corrected chi connectivity index (χ3v) is 5.31. The van der Waals surface area contributed by atoms with Gasteiger partial charge in [-0.3, -0.25) is 0 Å². The molecule has 0 N–H and O–H groups in total. The quantitative estimate of drug-likeness (QED) is 0.412. The molecule has 2 nitrogen and oxygen atoms in total. The van der Waals surface area contributed by atoms with Crippen LogP contribution in [-0.2, 0) is 13.5 Å². The number of hydrogen-bond acceptors (Lipinski definition) is 1. The maximum Gasteiger partial charge on any atom is 0.126 e. The molecule has 4 rings (SSSR count). The second-order valence-corrected chi connectivity index (χ2v) is 6.95. The smallest absolute Gasteiger partial charge is 0.126 e. The molecule has 0 amide bonds. The van der Waals surface area contributed by atoms with E-state index in [1.165, 1.54) is 51.3 Å². The SMILES string of the molecule is CCCCc1ccc(OC)c(-c2ccc3c(c2)c2ccccc2n3C)c1. The lowest BCUT2D eigenvalue weighted by Gasteiger charge is -2.12. The molecule has 0 saturated heterocycles. The van der Waals surface area contributed by atoms with E-state index in [1.54, 1.807) is 7.11 Å². The summed E-state index contributed by atoms with van der Waals surface area (Å²) >= 11 is 0. The number of methoxy groups -OCH3 is 1. The molecule has 132 valence electrons. The lowest BCUT2D eigenvalue weighted by Crippen LogP contribution is -1.92. The van der Waals surface area contributed by atoms with E-state index in [-0.39, 0.29) is 0 Å². The van der Waals surface area contributed by atoms with Crippen LogP contribution in [0.1, 0.15) is 25.3 Å². The van der Waals surface area contributed by atoms with E-state index < -0.39 is 0 Å². The maximum atomic E-state index is 5.66. The molecular formula is C24H25NO. The minimum absolute atomic E-state index is 0.935. The Hall–Kier alpha value is -2.74. The van der Waals surface area contributed by atoms with Crippen LogP contribution in [0.4, 0.5) is 0 Å². The first kappa shape index (κ1) is 16.7. The third kappa shape index (κ3) is 2.76. The summed E-state index contributed by atoms with van der Waals surface area (Å²) in [5, 5.41) is 2.59. The van der Waals surface area contributed by atoms with Crippen LogP contribution in [0.3, 0.4) is 0 Å². The molecule has 2 heteroatoms. The second kappa shape index (κ2) is 6.87. The van der Waals surface area contributed by atoms with Crippen LogP contribution in [0.15, 0.2) is 60.7 Å². The molecule has 1 aromatic heterocycles. The molecule has 0 saturated carbocycles. The fourth-order valence-electron chi connectivity index (χ4n) is 3.85. The number of aromatic nitrogens is 1. The van der Waals surface area contributed by atoms with Gasteiger partial charge in [0.05, 0.1) is 7.11 Å². The van der Waals surface area contributed by atoms with Gasteiger partial charge in [-0.05, 0) is 54.3 Å². The van der Waals surface area contributed by atoms with Crippen molar-refractivity contribution in [3.63, 3.8) is 0 Å². The molecule has 4 aromatic rings. The Morgan fingerprint density at radius 1 is 0.885 bits per heavy atom. The molecule has 3 aromatic carbocycles. The first-order chi connectivity index (χ1) is 12.7. The van der Waals surface area contributed by atoms with Crippen LogP contribution in [0.25, 0.3) is 32.9 Å². The minimum atomic E-state index is 0.935. The second-order valence-electron chi connectivity index (χ2n) is 6.95. The summed E-state index contributed by atoms with van der Waals surface area (Å²) in [5.41, 5.74) is 6.29. The Morgan fingerprint density at radius 3 is 2.50 bits per heavy atom. The van der Waals surface area contributed by atoms with Gasteiger partial charge in [0.25, 0.3) is 0 Å². The highest BCUT2D eigenvalue weighted by molar-refractivity contribution is 6.09. The summed E-state index contributed by atoms with van der Waals surface area (Å²) in [4.78, 5) is 0. The molecule has 0 bridgehead atoms. The zero-order chi connectivity index (χ0) is 18.1. The van der Waals surface area contributed by atoms with Gasteiger partial charge in [0.15, 0.2) is 0 Å². The average molecular weight is 343 g/mol. The molecule has 0 spiro atoms. The van der Waals surface area contributed by atoms with Crippen molar-refractivity contribution >= 4 is 21.8 Å². The van der Waals surface area contributed by atoms with Crippen molar-refractivity contribution in [1.29, 1.82) is 0 Å². The maximum absolute atomic E-state index is 5.66. The predicted octanol–water partition coefficient (Wildman–Crippen LogP) is 6.35. The molecular weight excluding hydrogens is 318 g/mol. The highest BCUT2D eigenvalue weighted by Crippen LogP contribution is 2.36. The van der Waals surface area contributed by atoms with Gasteiger partial charge in [-0.1, -0.05) is 43.7 Å². The van der Waals surface area contributed by atoms with E-state index in [2.05, 4.69) is 79.2 Å². The summed E-state index contributed by atoms with van der Waals surface area (Å²) in [6, 6.07) is 21.9. The van der Waals surface area contributed by atoms with Gasteiger partial charge in [0.2, 0.25) is 0 Å². The summed E-state index contributed by atoms with van der Waals surface area (Å²) in [6.07, 6.45) is 3.54. The molecule has 1 heterocycles. The lowest BCUT2D eigenvalue weighted by molar-refractivity contribution is 0.416. The van der Waals surface area contributed by atoms with Crippen LogP contribution < -0.4 is 4.74 Å². The van der Waals surface area contributed by atoms with E-state index in [0.29, 0.717) is 0 Å². The van der Waals surface area contributed by atoms with E-state index in [0.717, 1.165) is 12.2 Å². The van der Waals surface area contributed by atoms with E-state index in [1.807, 2.05) is 0 Å². The van der Waals surface area contributed by atoms with Crippen LogP contribution in [0.2, 0.25) is 0 Å². The fraction of sp³-hybridized carbons (Fsp3) is 0.250. The lowest BCUT2D eigenvalue weighted by atomic mass is 9.98. The molecule has 0 aliphatic heterocycles. The van der Waals surface area contributed by atoms with Crippen LogP contribution >= 0.6 is 0 Å². The van der Waals surface area contributed by atoms with E-state index in [9.17, 15) is 0 Å². The van der Waals surface area contributed by atoms with Crippen LogP contribution in [0, 0.1) is 0 Å². The zero-order valence-electron chi connectivity index (χ0n) is 15.8.